The van der Waals surface area contributed by atoms with E-state index < -0.39 is 0 Å². The second kappa shape index (κ2) is 5.19. The number of ether oxygens (including phenoxy) is 2. The summed E-state index contributed by atoms with van der Waals surface area (Å²) in [6.45, 7) is 0.876. The van der Waals surface area contributed by atoms with Crippen LogP contribution in [0.15, 0.2) is 36.4 Å². The van der Waals surface area contributed by atoms with Crippen molar-refractivity contribution in [2.24, 2.45) is 0 Å². The van der Waals surface area contributed by atoms with E-state index in [2.05, 4.69) is 5.32 Å². The lowest BCUT2D eigenvalue weighted by atomic mass is 10.2. The molecule has 0 unspecified atom stereocenters. The highest BCUT2D eigenvalue weighted by Crippen LogP contribution is 2.39. The van der Waals surface area contributed by atoms with Crippen molar-refractivity contribution in [3.8, 4) is 11.5 Å². The fraction of sp³-hybridized carbons (Fsp3) is 0.143. The van der Waals surface area contributed by atoms with Crippen molar-refractivity contribution < 1.29 is 9.47 Å². The maximum absolute atomic E-state index is 6.13. The first kappa shape index (κ1) is 12.5. The van der Waals surface area contributed by atoms with Crippen molar-refractivity contribution >= 4 is 28.9 Å². The molecule has 1 heterocycles. The van der Waals surface area contributed by atoms with Crippen LogP contribution >= 0.6 is 23.2 Å². The van der Waals surface area contributed by atoms with Gasteiger partial charge in [-0.15, -0.1) is 0 Å². The Morgan fingerprint density at radius 1 is 1.05 bits per heavy atom. The van der Waals surface area contributed by atoms with Crippen molar-refractivity contribution in [2.75, 3.05) is 12.1 Å². The Labute approximate surface area is 121 Å². The fourth-order valence-electron chi connectivity index (χ4n) is 1.89. The molecule has 0 atom stereocenters. The number of fused-ring (bicyclic) bond motifs is 1. The molecule has 0 fully saturated rings. The van der Waals surface area contributed by atoms with Crippen LogP contribution in [-0.2, 0) is 6.54 Å². The summed E-state index contributed by atoms with van der Waals surface area (Å²) < 4.78 is 10.6. The van der Waals surface area contributed by atoms with E-state index in [1.165, 1.54) is 0 Å². The van der Waals surface area contributed by atoms with Gasteiger partial charge in [-0.25, -0.2) is 0 Å². The third-order valence-electron chi connectivity index (χ3n) is 2.83. The fourth-order valence-corrected chi connectivity index (χ4v) is 2.31. The molecule has 0 saturated carbocycles. The molecule has 1 N–H and O–H groups in total. The van der Waals surface area contributed by atoms with Gasteiger partial charge in [0.05, 0.1) is 5.02 Å². The summed E-state index contributed by atoms with van der Waals surface area (Å²) >= 11 is 12.0. The summed E-state index contributed by atoms with van der Waals surface area (Å²) in [6.07, 6.45) is 0. The van der Waals surface area contributed by atoms with Gasteiger partial charge in [-0.05, 0) is 42.0 Å². The van der Waals surface area contributed by atoms with Crippen molar-refractivity contribution in [1.29, 1.82) is 0 Å². The average Bonchev–Trinajstić information content (AvgIpc) is 2.87. The van der Waals surface area contributed by atoms with Crippen molar-refractivity contribution in [3.05, 3.63) is 52.0 Å². The molecule has 98 valence electrons. The number of anilines is 1. The second-order valence-corrected chi connectivity index (χ2v) is 5.02. The van der Waals surface area contributed by atoms with Crippen LogP contribution in [0.3, 0.4) is 0 Å². The van der Waals surface area contributed by atoms with Gasteiger partial charge in [-0.2, -0.15) is 0 Å². The Morgan fingerprint density at radius 2 is 1.84 bits per heavy atom. The highest BCUT2D eigenvalue weighted by molar-refractivity contribution is 6.32. The van der Waals surface area contributed by atoms with Gasteiger partial charge in [0.1, 0.15) is 0 Å². The first-order valence-corrected chi connectivity index (χ1v) is 6.55. The Bertz CT molecular complexity index is 599. The molecule has 1 aliphatic heterocycles. The molecular weight excluding hydrogens is 285 g/mol. The second-order valence-electron chi connectivity index (χ2n) is 4.17. The largest absolute Gasteiger partial charge is 0.454 e. The standard InChI is InChI=1S/C14H11Cl2NO2/c15-10-1-3-11(4-2-10)17-7-9-5-12(16)14-13(6-9)18-8-19-14/h1-6,17H,7-8H2. The number of benzene rings is 2. The molecular formula is C14H11Cl2NO2. The monoisotopic (exact) mass is 295 g/mol. The first-order chi connectivity index (χ1) is 9.22. The van der Waals surface area contributed by atoms with Gasteiger partial charge in [0.15, 0.2) is 11.5 Å². The molecule has 0 bridgehead atoms. The minimum absolute atomic E-state index is 0.225. The van der Waals surface area contributed by atoms with Crippen molar-refractivity contribution in [2.45, 2.75) is 6.54 Å². The molecule has 3 nitrogen and oxygen atoms in total. The SMILES string of the molecule is Clc1ccc(NCc2cc(Cl)c3c(c2)OCO3)cc1. The van der Waals surface area contributed by atoms with Gasteiger partial charge < -0.3 is 14.8 Å². The number of hydrogen-bond donors (Lipinski definition) is 1. The van der Waals surface area contributed by atoms with E-state index in [0.29, 0.717) is 23.1 Å². The lowest BCUT2D eigenvalue weighted by Crippen LogP contribution is -1.99. The Balaban J connectivity index is 1.73. The Morgan fingerprint density at radius 3 is 2.63 bits per heavy atom. The van der Waals surface area contributed by atoms with Gasteiger partial charge in [0.25, 0.3) is 0 Å². The van der Waals surface area contributed by atoms with Crippen LogP contribution in [0.4, 0.5) is 5.69 Å². The van der Waals surface area contributed by atoms with E-state index >= 15 is 0 Å². The summed E-state index contributed by atoms with van der Waals surface area (Å²) in [7, 11) is 0. The predicted octanol–water partition coefficient (Wildman–Crippen LogP) is 4.33. The smallest absolute Gasteiger partial charge is 0.231 e. The van der Waals surface area contributed by atoms with Gasteiger partial charge in [0, 0.05) is 17.3 Å². The van der Waals surface area contributed by atoms with Gasteiger partial charge >= 0.3 is 0 Å². The highest BCUT2D eigenvalue weighted by atomic mass is 35.5. The van der Waals surface area contributed by atoms with Gasteiger partial charge in [0.2, 0.25) is 6.79 Å². The lowest BCUT2D eigenvalue weighted by molar-refractivity contribution is 0.174. The number of rotatable bonds is 3. The first-order valence-electron chi connectivity index (χ1n) is 5.80. The predicted molar refractivity (Wildman–Crippen MR) is 76.4 cm³/mol. The van der Waals surface area contributed by atoms with E-state index in [0.717, 1.165) is 16.3 Å². The van der Waals surface area contributed by atoms with Crippen LogP contribution in [0.1, 0.15) is 5.56 Å². The molecule has 1 aliphatic rings. The normalized spacial score (nSPS) is 12.5. The molecule has 0 aromatic heterocycles. The topological polar surface area (TPSA) is 30.5 Å². The van der Waals surface area contributed by atoms with Crippen LogP contribution in [0, 0.1) is 0 Å². The van der Waals surface area contributed by atoms with Crippen LogP contribution in [0.5, 0.6) is 11.5 Å². The molecule has 0 saturated heterocycles. The number of halogens is 2. The molecule has 0 aliphatic carbocycles. The molecule has 3 rings (SSSR count). The minimum Gasteiger partial charge on any atom is -0.454 e. The lowest BCUT2D eigenvalue weighted by Gasteiger charge is -2.08. The summed E-state index contributed by atoms with van der Waals surface area (Å²) in [4.78, 5) is 0. The van der Waals surface area contributed by atoms with Crippen LogP contribution in [0.2, 0.25) is 10.0 Å². The zero-order valence-corrected chi connectivity index (χ0v) is 11.5. The van der Waals surface area contributed by atoms with Crippen LogP contribution in [0.25, 0.3) is 0 Å². The zero-order valence-electron chi connectivity index (χ0n) is 9.95. The molecule has 2 aromatic rings. The molecule has 19 heavy (non-hydrogen) atoms. The average molecular weight is 296 g/mol. The zero-order chi connectivity index (χ0) is 13.2. The minimum atomic E-state index is 0.225. The van der Waals surface area contributed by atoms with Crippen molar-refractivity contribution in [3.63, 3.8) is 0 Å². The number of hydrogen-bond acceptors (Lipinski definition) is 3. The molecule has 0 amide bonds. The van der Waals surface area contributed by atoms with Gasteiger partial charge in [-0.3, -0.25) is 0 Å². The van der Waals surface area contributed by atoms with Crippen molar-refractivity contribution in [1.82, 2.24) is 0 Å². The third kappa shape index (κ3) is 2.72. The molecule has 2 aromatic carbocycles. The van der Waals surface area contributed by atoms with E-state index in [4.69, 9.17) is 32.7 Å². The van der Waals surface area contributed by atoms with Crippen LogP contribution < -0.4 is 14.8 Å². The Kier molecular flexibility index (Phi) is 3.40. The molecule has 5 heteroatoms. The maximum Gasteiger partial charge on any atom is 0.231 e. The van der Waals surface area contributed by atoms with Crippen LogP contribution in [-0.4, -0.2) is 6.79 Å². The summed E-state index contributed by atoms with van der Waals surface area (Å²) in [5.74, 6) is 1.32. The highest BCUT2D eigenvalue weighted by Gasteiger charge is 2.17. The number of nitrogens with one attached hydrogen (secondary N) is 1. The third-order valence-corrected chi connectivity index (χ3v) is 3.36. The Hall–Kier alpha value is -1.58. The maximum atomic E-state index is 6.13. The van der Waals surface area contributed by atoms with Gasteiger partial charge in [-0.1, -0.05) is 23.2 Å². The quantitative estimate of drug-likeness (QED) is 0.914. The van der Waals surface area contributed by atoms with E-state index in [1.807, 2.05) is 36.4 Å². The molecule has 0 radical (unpaired) electrons. The molecule has 0 spiro atoms. The van der Waals surface area contributed by atoms with E-state index in [-0.39, 0.29) is 6.79 Å². The summed E-state index contributed by atoms with van der Waals surface area (Å²) in [5.41, 5.74) is 2.03. The van der Waals surface area contributed by atoms with E-state index in [9.17, 15) is 0 Å². The van der Waals surface area contributed by atoms with E-state index in [1.54, 1.807) is 0 Å². The summed E-state index contributed by atoms with van der Waals surface area (Å²) in [6, 6.07) is 11.3. The summed E-state index contributed by atoms with van der Waals surface area (Å²) in [5, 5.41) is 4.58.